The molecule has 118 valence electrons. The first kappa shape index (κ1) is 17.9. The summed E-state index contributed by atoms with van der Waals surface area (Å²) in [7, 11) is 0. The Balaban J connectivity index is 0.00000220. The van der Waals surface area contributed by atoms with Crippen LogP contribution in [-0.2, 0) is 11.2 Å². The number of hydrogen-bond donors (Lipinski definition) is 1. The smallest absolute Gasteiger partial charge is 0.224 e. The number of nitrogens with zero attached hydrogens (tertiary/aromatic N) is 1. The van der Waals surface area contributed by atoms with Gasteiger partial charge in [0.2, 0.25) is 5.91 Å². The number of piperidine rings is 1. The summed E-state index contributed by atoms with van der Waals surface area (Å²) < 4.78 is 12.9. The quantitative estimate of drug-likeness (QED) is 0.929. The van der Waals surface area contributed by atoms with Crippen molar-refractivity contribution >= 4 is 18.3 Å². The van der Waals surface area contributed by atoms with E-state index >= 15 is 0 Å². The topological polar surface area (TPSA) is 46.3 Å². The third-order valence-electron chi connectivity index (χ3n) is 3.90. The summed E-state index contributed by atoms with van der Waals surface area (Å²) in [6.07, 6.45) is 3.43. The Morgan fingerprint density at radius 1 is 1.33 bits per heavy atom. The molecule has 0 aliphatic carbocycles. The Morgan fingerprint density at radius 3 is 2.43 bits per heavy atom. The maximum absolute atomic E-state index is 12.9. The fourth-order valence-electron chi connectivity index (χ4n) is 2.74. The van der Waals surface area contributed by atoms with E-state index in [-0.39, 0.29) is 30.2 Å². The lowest BCUT2D eigenvalue weighted by atomic mass is 9.90. The highest BCUT2D eigenvalue weighted by Gasteiger charge is 2.23. The molecule has 0 bridgehead atoms. The highest BCUT2D eigenvalue weighted by molar-refractivity contribution is 5.85. The minimum absolute atomic E-state index is 0. The summed E-state index contributed by atoms with van der Waals surface area (Å²) in [5, 5.41) is 0. The molecule has 0 aromatic heterocycles. The maximum atomic E-state index is 12.9. The van der Waals surface area contributed by atoms with Crippen molar-refractivity contribution < 1.29 is 9.18 Å². The van der Waals surface area contributed by atoms with E-state index < -0.39 is 0 Å². The van der Waals surface area contributed by atoms with Gasteiger partial charge in [-0.05, 0) is 49.8 Å². The molecule has 1 aromatic carbocycles. The van der Waals surface area contributed by atoms with Crippen molar-refractivity contribution in [2.75, 3.05) is 13.1 Å². The van der Waals surface area contributed by atoms with Crippen molar-refractivity contribution in [1.82, 2.24) is 4.90 Å². The average molecular weight is 315 g/mol. The van der Waals surface area contributed by atoms with Gasteiger partial charge in [-0.25, -0.2) is 4.39 Å². The number of hydrogen-bond acceptors (Lipinski definition) is 2. The van der Waals surface area contributed by atoms with Gasteiger partial charge in [0.05, 0.1) is 0 Å². The lowest BCUT2D eigenvalue weighted by Gasteiger charge is -2.32. The zero-order valence-corrected chi connectivity index (χ0v) is 13.2. The van der Waals surface area contributed by atoms with Crippen LogP contribution >= 0.6 is 12.4 Å². The Hall–Kier alpha value is -1.13. The lowest BCUT2D eigenvalue weighted by Crippen LogP contribution is -2.40. The van der Waals surface area contributed by atoms with E-state index in [0.717, 1.165) is 32.4 Å². The molecular formula is C16H24ClFN2O. The van der Waals surface area contributed by atoms with Crippen molar-refractivity contribution in [3.05, 3.63) is 35.6 Å². The van der Waals surface area contributed by atoms with Gasteiger partial charge < -0.3 is 10.6 Å². The van der Waals surface area contributed by atoms with Gasteiger partial charge in [0, 0.05) is 25.6 Å². The molecule has 2 N–H and O–H groups in total. The second kappa shape index (κ2) is 8.35. The van der Waals surface area contributed by atoms with Crippen molar-refractivity contribution in [3.8, 4) is 0 Å². The van der Waals surface area contributed by atoms with Crippen LogP contribution in [0.5, 0.6) is 0 Å². The monoisotopic (exact) mass is 314 g/mol. The average Bonchev–Trinajstić information content (AvgIpc) is 2.41. The number of amides is 1. The molecular weight excluding hydrogens is 291 g/mol. The van der Waals surface area contributed by atoms with E-state index in [4.69, 9.17) is 5.73 Å². The van der Waals surface area contributed by atoms with Crippen molar-refractivity contribution in [2.45, 2.75) is 38.6 Å². The van der Waals surface area contributed by atoms with Crippen LogP contribution in [0.4, 0.5) is 4.39 Å². The number of carbonyl (C=O) groups excluding carboxylic acids is 1. The standard InChI is InChI=1S/C16H23FN2O.ClH/c1-12(18)10-16(20)19-8-6-14(7-9-19)11-13-2-4-15(17)5-3-13;/h2-5,12,14H,6-11,18H2,1H3;1H. The summed E-state index contributed by atoms with van der Waals surface area (Å²) in [5.41, 5.74) is 6.84. The fourth-order valence-corrected chi connectivity index (χ4v) is 2.74. The Kier molecular flexibility index (Phi) is 7.12. The molecule has 1 fully saturated rings. The van der Waals surface area contributed by atoms with E-state index in [2.05, 4.69) is 0 Å². The third kappa shape index (κ3) is 5.64. The van der Waals surface area contributed by atoms with Gasteiger partial charge in [0.25, 0.3) is 0 Å². The van der Waals surface area contributed by atoms with Gasteiger partial charge in [-0.1, -0.05) is 12.1 Å². The summed E-state index contributed by atoms with van der Waals surface area (Å²) in [4.78, 5) is 13.8. The van der Waals surface area contributed by atoms with Gasteiger partial charge in [-0.3, -0.25) is 4.79 Å². The van der Waals surface area contributed by atoms with E-state index in [1.54, 1.807) is 0 Å². The molecule has 1 heterocycles. The van der Waals surface area contributed by atoms with E-state index in [1.165, 1.54) is 17.7 Å². The molecule has 1 aliphatic heterocycles. The molecule has 1 atom stereocenters. The van der Waals surface area contributed by atoms with Crippen LogP contribution in [-0.4, -0.2) is 29.9 Å². The number of nitrogens with two attached hydrogens (primary N) is 1. The molecule has 1 aromatic rings. The second-order valence-electron chi connectivity index (χ2n) is 5.84. The molecule has 3 nitrogen and oxygen atoms in total. The van der Waals surface area contributed by atoms with Crippen molar-refractivity contribution in [3.63, 3.8) is 0 Å². The maximum Gasteiger partial charge on any atom is 0.224 e. The van der Waals surface area contributed by atoms with Gasteiger partial charge in [0.1, 0.15) is 5.82 Å². The van der Waals surface area contributed by atoms with Crippen LogP contribution < -0.4 is 5.73 Å². The molecule has 5 heteroatoms. The highest BCUT2D eigenvalue weighted by Crippen LogP contribution is 2.22. The van der Waals surface area contributed by atoms with E-state index in [1.807, 2.05) is 24.0 Å². The number of rotatable bonds is 4. The van der Waals surface area contributed by atoms with E-state index in [0.29, 0.717) is 12.3 Å². The summed E-state index contributed by atoms with van der Waals surface area (Å²) >= 11 is 0. The Labute approximate surface area is 132 Å². The fraction of sp³-hybridized carbons (Fsp3) is 0.562. The Morgan fingerprint density at radius 2 is 1.90 bits per heavy atom. The van der Waals surface area contributed by atoms with Gasteiger partial charge >= 0.3 is 0 Å². The minimum atomic E-state index is -0.190. The van der Waals surface area contributed by atoms with Crippen LogP contribution in [0.25, 0.3) is 0 Å². The predicted octanol–water partition coefficient (Wildman–Crippen LogP) is 2.77. The molecule has 0 radical (unpaired) electrons. The number of halogens is 2. The van der Waals surface area contributed by atoms with Crippen molar-refractivity contribution in [2.24, 2.45) is 11.7 Å². The Bertz CT molecular complexity index is 442. The molecule has 21 heavy (non-hydrogen) atoms. The van der Waals surface area contributed by atoms with Crippen LogP contribution in [0.15, 0.2) is 24.3 Å². The van der Waals surface area contributed by atoms with Gasteiger partial charge in [-0.15, -0.1) is 12.4 Å². The highest BCUT2D eigenvalue weighted by atomic mass is 35.5. The largest absolute Gasteiger partial charge is 0.343 e. The van der Waals surface area contributed by atoms with E-state index in [9.17, 15) is 9.18 Å². The summed E-state index contributed by atoms with van der Waals surface area (Å²) in [5.74, 6) is 0.560. The second-order valence-corrected chi connectivity index (χ2v) is 5.84. The van der Waals surface area contributed by atoms with Crippen LogP contribution in [0.2, 0.25) is 0 Å². The lowest BCUT2D eigenvalue weighted by molar-refractivity contribution is -0.132. The predicted molar refractivity (Wildman–Crippen MR) is 84.9 cm³/mol. The van der Waals surface area contributed by atoms with Gasteiger partial charge in [0.15, 0.2) is 0 Å². The summed E-state index contributed by atoms with van der Waals surface area (Å²) in [6.45, 7) is 3.49. The van der Waals surface area contributed by atoms with Crippen molar-refractivity contribution in [1.29, 1.82) is 0 Å². The molecule has 1 amide bonds. The van der Waals surface area contributed by atoms with Gasteiger partial charge in [-0.2, -0.15) is 0 Å². The first-order valence-corrected chi connectivity index (χ1v) is 7.32. The molecule has 1 aliphatic rings. The number of likely N-dealkylation sites (tertiary alicyclic amines) is 1. The first-order valence-electron chi connectivity index (χ1n) is 7.32. The normalized spacial score (nSPS) is 17.2. The first-order chi connectivity index (χ1) is 9.54. The zero-order valence-electron chi connectivity index (χ0n) is 12.4. The molecule has 1 unspecified atom stereocenters. The van der Waals surface area contributed by atoms with Crippen LogP contribution in [0.1, 0.15) is 31.7 Å². The summed E-state index contributed by atoms with van der Waals surface area (Å²) in [6, 6.07) is 6.65. The zero-order chi connectivity index (χ0) is 14.5. The van der Waals surface area contributed by atoms with Crippen LogP contribution in [0, 0.1) is 11.7 Å². The SMILES string of the molecule is CC(N)CC(=O)N1CCC(Cc2ccc(F)cc2)CC1.Cl. The number of carbonyl (C=O) groups is 1. The third-order valence-corrected chi connectivity index (χ3v) is 3.90. The molecule has 1 saturated heterocycles. The molecule has 0 saturated carbocycles. The van der Waals surface area contributed by atoms with Crippen LogP contribution in [0.3, 0.4) is 0 Å². The minimum Gasteiger partial charge on any atom is -0.343 e. The molecule has 2 rings (SSSR count). The number of benzene rings is 1. The molecule has 0 spiro atoms.